The third-order valence-corrected chi connectivity index (χ3v) is 7.23. The molecule has 0 aliphatic carbocycles. The maximum atomic E-state index is 10.8. The van der Waals surface area contributed by atoms with E-state index in [2.05, 4.69) is 49.7 Å². The van der Waals surface area contributed by atoms with Crippen LogP contribution in [0.2, 0.25) is 5.02 Å². The van der Waals surface area contributed by atoms with E-state index in [-0.39, 0.29) is 11.2 Å². The molecule has 3 aromatic rings. The highest BCUT2D eigenvalue weighted by molar-refractivity contribution is 7.99. The minimum Gasteiger partial charge on any atom is -0.363 e. The van der Waals surface area contributed by atoms with Crippen molar-refractivity contribution in [2.45, 2.75) is 43.0 Å². The van der Waals surface area contributed by atoms with Gasteiger partial charge in [-0.2, -0.15) is 0 Å². The van der Waals surface area contributed by atoms with Crippen LogP contribution in [-0.4, -0.2) is 23.2 Å². The molecule has 7 heteroatoms. The highest BCUT2D eigenvalue weighted by atomic mass is 35.5. The number of nitro benzene ring substituents is 1. The van der Waals surface area contributed by atoms with E-state index in [0.29, 0.717) is 5.02 Å². The van der Waals surface area contributed by atoms with Gasteiger partial charge in [-0.05, 0) is 81.8 Å². The van der Waals surface area contributed by atoms with Crippen molar-refractivity contribution in [2.75, 3.05) is 11.4 Å². The monoisotopic (exact) mass is 491 g/mol. The van der Waals surface area contributed by atoms with Gasteiger partial charge in [-0.3, -0.25) is 15.1 Å². The fraction of sp³-hybridized carbons (Fsp3) is 0.222. The topological polar surface area (TPSA) is 58.7 Å². The molecule has 0 saturated carbocycles. The average molecular weight is 492 g/mol. The number of aliphatic imine (C=N–C) groups is 1. The first kappa shape index (κ1) is 24.0. The normalized spacial score (nSPS) is 14.7. The fourth-order valence-corrected chi connectivity index (χ4v) is 5.33. The molecule has 0 spiro atoms. The summed E-state index contributed by atoms with van der Waals surface area (Å²) in [6.07, 6.45) is 4.11. The first-order valence-corrected chi connectivity index (χ1v) is 12.2. The zero-order chi connectivity index (χ0) is 24.5. The second kappa shape index (κ2) is 9.65. The van der Waals surface area contributed by atoms with Crippen LogP contribution in [0.15, 0.2) is 81.5 Å². The van der Waals surface area contributed by atoms with Crippen LogP contribution < -0.4 is 4.90 Å². The lowest BCUT2D eigenvalue weighted by molar-refractivity contribution is -0.384. The maximum absolute atomic E-state index is 10.8. The highest BCUT2D eigenvalue weighted by Gasteiger charge is 2.30. The van der Waals surface area contributed by atoms with E-state index in [1.54, 1.807) is 23.9 Å². The smallest absolute Gasteiger partial charge is 0.269 e. The van der Waals surface area contributed by atoms with E-state index in [9.17, 15) is 10.1 Å². The summed E-state index contributed by atoms with van der Waals surface area (Å²) < 4.78 is 0. The lowest BCUT2D eigenvalue weighted by Crippen LogP contribution is -2.44. The molecule has 1 aliphatic rings. The lowest BCUT2D eigenvalue weighted by atomic mass is 9.88. The molecule has 3 aromatic carbocycles. The third kappa shape index (κ3) is 5.03. The van der Waals surface area contributed by atoms with E-state index in [1.165, 1.54) is 23.3 Å². The maximum Gasteiger partial charge on any atom is 0.269 e. The molecule has 174 valence electrons. The van der Waals surface area contributed by atoms with Gasteiger partial charge in [0.1, 0.15) is 0 Å². The Morgan fingerprint density at radius 3 is 2.29 bits per heavy atom. The van der Waals surface area contributed by atoms with Crippen LogP contribution in [-0.2, 0) is 0 Å². The molecular weight excluding hydrogens is 466 g/mol. The Hall–Kier alpha value is -3.09. The molecule has 0 atom stereocenters. The van der Waals surface area contributed by atoms with Crippen LogP contribution in [0.25, 0.3) is 5.57 Å². The molecule has 0 radical (unpaired) electrons. The Morgan fingerprint density at radius 1 is 1.09 bits per heavy atom. The van der Waals surface area contributed by atoms with Gasteiger partial charge in [0.05, 0.1) is 21.2 Å². The number of nitro groups is 1. The van der Waals surface area contributed by atoms with Crippen LogP contribution >= 0.6 is 23.4 Å². The van der Waals surface area contributed by atoms with Gasteiger partial charge in [0.15, 0.2) is 0 Å². The van der Waals surface area contributed by atoms with E-state index in [0.717, 1.165) is 33.3 Å². The van der Waals surface area contributed by atoms with Gasteiger partial charge in [0, 0.05) is 51.5 Å². The van der Waals surface area contributed by atoms with Crippen LogP contribution in [0.5, 0.6) is 0 Å². The molecule has 0 saturated heterocycles. The quantitative estimate of drug-likeness (QED) is 0.198. The van der Waals surface area contributed by atoms with Gasteiger partial charge in [-0.1, -0.05) is 29.4 Å². The van der Waals surface area contributed by atoms with Crippen molar-refractivity contribution < 1.29 is 4.92 Å². The second-order valence-electron chi connectivity index (χ2n) is 8.72. The fourth-order valence-electron chi connectivity index (χ4n) is 4.31. The minimum atomic E-state index is -0.395. The molecule has 34 heavy (non-hydrogen) atoms. The van der Waals surface area contributed by atoms with Gasteiger partial charge < -0.3 is 4.90 Å². The Kier molecular flexibility index (Phi) is 6.82. The summed E-state index contributed by atoms with van der Waals surface area (Å²) in [7, 11) is 0. The first-order valence-electron chi connectivity index (χ1n) is 11.1. The molecule has 0 N–H and O–H groups in total. The Bertz CT molecular complexity index is 1280. The Balaban J connectivity index is 1.52. The van der Waals surface area contributed by atoms with Crippen molar-refractivity contribution in [3.63, 3.8) is 0 Å². The zero-order valence-electron chi connectivity index (χ0n) is 19.6. The van der Waals surface area contributed by atoms with Crippen LogP contribution in [0.4, 0.5) is 17.1 Å². The molecule has 0 bridgehead atoms. The molecule has 1 aliphatic heterocycles. The van der Waals surface area contributed by atoms with Crippen molar-refractivity contribution in [3.05, 3.63) is 93.0 Å². The second-order valence-corrected chi connectivity index (χ2v) is 10.3. The van der Waals surface area contributed by atoms with Crippen molar-refractivity contribution in [1.82, 2.24) is 0 Å². The van der Waals surface area contributed by atoms with Crippen molar-refractivity contribution in [3.8, 4) is 0 Å². The van der Waals surface area contributed by atoms with E-state index in [4.69, 9.17) is 11.6 Å². The molecular formula is C27H26ClN3O2S. The standard InChI is InChI=1S/C27H26ClN3O2S/c1-5-30-26-15-25(28)19(14-24(26)18(2)16-27(30,3)4)17-29-20-6-10-22(11-7-20)34-23-12-8-21(9-13-23)31(32)33/h6-17H,5H2,1-4H3. The number of likely N-dealkylation sites (N-methyl/N-ethyl adjacent to an activating group) is 1. The van der Waals surface area contributed by atoms with Gasteiger partial charge in [0.2, 0.25) is 0 Å². The van der Waals surface area contributed by atoms with Crippen molar-refractivity contribution in [1.29, 1.82) is 0 Å². The first-order chi connectivity index (χ1) is 16.2. The lowest BCUT2D eigenvalue weighted by Gasteiger charge is -2.43. The minimum absolute atomic E-state index is 0.0566. The van der Waals surface area contributed by atoms with Gasteiger partial charge >= 0.3 is 0 Å². The molecule has 0 fully saturated rings. The number of fused-ring (bicyclic) bond motifs is 1. The van der Waals surface area contributed by atoms with E-state index >= 15 is 0 Å². The van der Waals surface area contributed by atoms with Crippen LogP contribution in [0.3, 0.4) is 0 Å². The van der Waals surface area contributed by atoms with Crippen molar-refractivity contribution in [2.24, 2.45) is 4.99 Å². The summed E-state index contributed by atoms with van der Waals surface area (Å²) in [6, 6.07) is 18.6. The predicted octanol–water partition coefficient (Wildman–Crippen LogP) is 8.17. The number of hydrogen-bond donors (Lipinski definition) is 0. The molecule has 0 unspecified atom stereocenters. The molecule has 0 aromatic heterocycles. The molecule has 1 heterocycles. The summed E-state index contributed by atoms with van der Waals surface area (Å²) in [4.78, 5) is 19.4. The average Bonchev–Trinajstić information content (AvgIpc) is 2.79. The van der Waals surface area contributed by atoms with Gasteiger partial charge in [-0.15, -0.1) is 0 Å². The Labute approximate surface area is 209 Å². The summed E-state index contributed by atoms with van der Waals surface area (Å²) in [5, 5.41) is 11.5. The summed E-state index contributed by atoms with van der Waals surface area (Å²) in [6.45, 7) is 9.64. The number of nitrogens with zero attached hydrogens (tertiary/aromatic N) is 3. The zero-order valence-corrected chi connectivity index (χ0v) is 21.2. The number of hydrogen-bond acceptors (Lipinski definition) is 5. The summed E-state index contributed by atoms with van der Waals surface area (Å²) >= 11 is 8.20. The number of benzene rings is 3. The van der Waals surface area contributed by atoms with Crippen LogP contribution in [0.1, 0.15) is 38.8 Å². The molecule has 5 nitrogen and oxygen atoms in total. The Morgan fingerprint density at radius 2 is 1.71 bits per heavy atom. The summed E-state index contributed by atoms with van der Waals surface area (Å²) in [5.41, 5.74) is 5.32. The highest BCUT2D eigenvalue weighted by Crippen LogP contribution is 2.41. The largest absolute Gasteiger partial charge is 0.363 e. The van der Waals surface area contributed by atoms with Gasteiger partial charge in [0.25, 0.3) is 5.69 Å². The van der Waals surface area contributed by atoms with E-state index < -0.39 is 4.92 Å². The molecule has 4 rings (SSSR count). The summed E-state index contributed by atoms with van der Waals surface area (Å²) in [5.74, 6) is 0. The van der Waals surface area contributed by atoms with E-state index in [1.807, 2.05) is 36.5 Å². The predicted molar refractivity (Wildman–Crippen MR) is 143 cm³/mol. The SMILES string of the molecule is CCN1c2cc(Cl)c(C=Nc3ccc(Sc4ccc([N+](=O)[O-])cc4)cc3)cc2C(C)=CC1(C)C. The van der Waals surface area contributed by atoms with Crippen LogP contribution in [0, 0.1) is 10.1 Å². The van der Waals surface area contributed by atoms with Gasteiger partial charge in [-0.25, -0.2) is 0 Å². The third-order valence-electron chi connectivity index (χ3n) is 5.88. The van der Waals surface area contributed by atoms with Crippen molar-refractivity contribution >= 4 is 52.2 Å². The number of non-ortho nitro benzene ring substituents is 1. The number of anilines is 1. The molecule has 0 amide bonds. The number of rotatable bonds is 6. The number of allylic oxidation sites excluding steroid dienone is 1. The number of halogens is 1.